The summed E-state index contributed by atoms with van der Waals surface area (Å²) in [6, 6.07) is 10.3. The minimum absolute atomic E-state index is 0. The normalized spacial score (nSPS) is 18.5. The monoisotopic (exact) mass is 636 g/mol. The zero-order valence-corrected chi connectivity index (χ0v) is 25.5. The van der Waals surface area contributed by atoms with Crippen molar-refractivity contribution in [2.45, 2.75) is 37.5 Å². The second kappa shape index (κ2) is 12.4. The third-order valence-corrected chi connectivity index (χ3v) is 8.29. The molecule has 3 N–H and O–H groups in total. The lowest BCUT2D eigenvalue weighted by molar-refractivity contribution is -0.152. The smallest absolute Gasteiger partial charge is 0.267 e. The molecule has 214 valence electrons. The van der Waals surface area contributed by atoms with E-state index in [1.54, 1.807) is 41.3 Å². The van der Waals surface area contributed by atoms with Crippen molar-refractivity contribution in [3.8, 4) is 0 Å². The Morgan fingerprint density at radius 1 is 1.05 bits per heavy atom. The van der Waals surface area contributed by atoms with Gasteiger partial charge in [-0.3, -0.25) is 14.5 Å². The van der Waals surface area contributed by atoms with Gasteiger partial charge in [0.2, 0.25) is 10.0 Å². The molecule has 0 saturated carbocycles. The summed E-state index contributed by atoms with van der Waals surface area (Å²) >= 11 is 18.5. The lowest BCUT2D eigenvalue weighted by atomic mass is 9.92. The van der Waals surface area contributed by atoms with Crippen molar-refractivity contribution in [3.05, 3.63) is 62.6 Å². The molecule has 2 amide bonds. The summed E-state index contributed by atoms with van der Waals surface area (Å²) in [5.41, 5.74) is -0.648. The fourth-order valence-electron chi connectivity index (χ4n) is 4.89. The number of nitrogens with one attached hydrogen (secondary N) is 2. The molecule has 0 bridgehead atoms. The van der Waals surface area contributed by atoms with Crippen LogP contribution in [0.5, 0.6) is 0 Å². The first-order valence-electron chi connectivity index (χ1n) is 12.0. The van der Waals surface area contributed by atoms with Crippen molar-refractivity contribution in [2.75, 3.05) is 37.8 Å². The molecule has 2 aliphatic heterocycles. The van der Waals surface area contributed by atoms with E-state index >= 15 is 0 Å². The molecule has 2 aromatic carbocycles. The molecule has 2 fully saturated rings. The predicted octanol–water partition coefficient (Wildman–Crippen LogP) is 3.44. The number of piperidine rings is 1. The van der Waals surface area contributed by atoms with Crippen LogP contribution >= 0.6 is 48.3 Å². The summed E-state index contributed by atoms with van der Waals surface area (Å²) in [5.74, 6) is -1.22. The molecule has 1 atom stereocenters. The number of halogens is 3. The largest absolute Gasteiger partial charge is 0.380 e. The van der Waals surface area contributed by atoms with E-state index in [0.717, 1.165) is 32.2 Å². The first-order valence-corrected chi connectivity index (χ1v) is 15.1. The Kier molecular flexibility index (Phi) is 10.1. The third kappa shape index (κ3) is 7.52. The maximum absolute atomic E-state index is 13.1. The molecule has 2 saturated heterocycles. The number of amides is 2. The lowest BCUT2D eigenvalue weighted by Gasteiger charge is -2.48. The number of nitrogens with zero attached hydrogens (tertiary/aromatic N) is 2. The Bertz CT molecular complexity index is 1320. The van der Waals surface area contributed by atoms with E-state index in [9.17, 15) is 23.1 Å². The van der Waals surface area contributed by atoms with Crippen molar-refractivity contribution in [1.29, 1.82) is 0 Å². The van der Waals surface area contributed by atoms with E-state index in [2.05, 4.69) is 10.2 Å². The minimum Gasteiger partial charge on any atom is -0.380 e. The van der Waals surface area contributed by atoms with Crippen LogP contribution in [0.15, 0.2) is 36.4 Å². The summed E-state index contributed by atoms with van der Waals surface area (Å²) < 4.78 is 24.6. The van der Waals surface area contributed by atoms with Crippen molar-refractivity contribution in [2.24, 2.45) is 0 Å². The molecular weight excluding hydrogens is 607 g/mol. The van der Waals surface area contributed by atoms with Gasteiger partial charge in [0.1, 0.15) is 0 Å². The summed E-state index contributed by atoms with van der Waals surface area (Å²) in [4.78, 5) is 29.3. The number of carbonyl (C=O) groups excluding carboxylic acids is 2. The van der Waals surface area contributed by atoms with Crippen molar-refractivity contribution in [3.63, 3.8) is 0 Å². The zero-order chi connectivity index (χ0) is 27.8. The first kappa shape index (κ1) is 31.8. The summed E-state index contributed by atoms with van der Waals surface area (Å²) in [7, 11) is -3.75. The highest BCUT2D eigenvalue weighted by atomic mass is 35.5. The van der Waals surface area contributed by atoms with Gasteiger partial charge in [-0.1, -0.05) is 46.9 Å². The van der Waals surface area contributed by atoms with Gasteiger partial charge < -0.3 is 15.3 Å². The van der Waals surface area contributed by atoms with Gasteiger partial charge in [0.15, 0.2) is 5.60 Å². The zero-order valence-electron chi connectivity index (χ0n) is 21.4. The van der Waals surface area contributed by atoms with E-state index < -0.39 is 21.5 Å². The summed E-state index contributed by atoms with van der Waals surface area (Å²) in [5, 5.41) is 14.8. The first-order chi connectivity index (χ1) is 17.7. The summed E-state index contributed by atoms with van der Waals surface area (Å²) in [6.07, 6.45) is 2.47. The predicted molar refractivity (Wildman–Crippen MR) is 159 cm³/mol. The van der Waals surface area contributed by atoms with Crippen LogP contribution in [0.2, 0.25) is 15.1 Å². The van der Waals surface area contributed by atoms with Crippen LogP contribution < -0.4 is 10.0 Å². The van der Waals surface area contributed by atoms with Gasteiger partial charge in [0.25, 0.3) is 11.8 Å². The van der Waals surface area contributed by atoms with E-state index in [4.69, 9.17) is 34.8 Å². The standard InChI is InChI=1S/C25H29Cl3N4O5S.H2S/c1-25(35,15-4-3-5-16(26)10-15)24(34)31-8-6-19(7-9-31)32-13-18(14-32)29-17-11-20(27)22(21(28)12-17)23(33)30-38(2,36)37;/h3-5,10-12,18-19,29,35H,6-9,13-14H2,1-2H3,(H,30,33);1H2/t25-;/m0./s1. The van der Waals surface area contributed by atoms with Gasteiger partial charge in [-0.25, -0.2) is 13.1 Å². The van der Waals surface area contributed by atoms with Crippen LogP contribution in [-0.4, -0.2) is 79.7 Å². The fraction of sp³-hybridized carbons (Fsp3) is 0.440. The molecule has 2 aliphatic rings. The second-order valence-electron chi connectivity index (χ2n) is 9.92. The third-order valence-electron chi connectivity index (χ3n) is 6.90. The molecule has 14 heteroatoms. The van der Waals surface area contributed by atoms with E-state index in [-0.39, 0.29) is 41.1 Å². The number of hydrogen-bond acceptors (Lipinski definition) is 7. The van der Waals surface area contributed by atoms with Gasteiger partial charge in [0, 0.05) is 42.9 Å². The number of anilines is 1. The minimum atomic E-state index is -3.75. The number of aliphatic hydroxyl groups is 1. The lowest BCUT2D eigenvalue weighted by Crippen LogP contribution is -2.61. The molecule has 0 unspecified atom stereocenters. The van der Waals surface area contributed by atoms with Gasteiger partial charge in [0.05, 0.1) is 27.9 Å². The van der Waals surface area contributed by atoms with E-state index in [1.165, 1.54) is 6.92 Å². The SMILES string of the molecule is C[C@@](O)(C(=O)N1CCC(N2CC(Nc3cc(Cl)c(C(=O)NS(C)(=O)=O)c(Cl)c3)C2)CC1)c1cccc(Cl)c1.S. The van der Waals surface area contributed by atoms with Gasteiger partial charge in [-0.15, -0.1) is 0 Å². The van der Waals surface area contributed by atoms with Crippen LogP contribution in [0.25, 0.3) is 0 Å². The molecule has 2 aromatic rings. The number of carbonyl (C=O) groups is 2. The van der Waals surface area contributed by atoms with Crippen LogP contribution in [0.4, 0.5) is 5.69 Å². The highest BCUT2D eigenvalue weighted by Crippen LogP contribution is 2.32. The number of likely N-dealkylation sites (tertiary alicyclic amines) is 2. The average Bonchev–Trinajstić information content (AvgIpc) is 2.79. The van der Waals surface area contributed by atoms with E-state index in [1.807, 2.05) is 4.72 Å². The molecule has 0 aliphatic carbocycles. The average molecular weight is 638 g/mol. The second-order valence-corrected chi connectivity index (χ2v) is 12.9. The highest BCUT2D eigenvalue weighted by molar-refractivity contribution is 7.89. The van der Waals surface area contributed by atoms with Crippen LogP contribution in [0.1, 0.15) is 35.7 Å². The Hall–Kier alpha value is -1.73. The Morgan fingerprint density at radius 3 is 2.18 bits per heavy atom. The van der Waals surface area contributed by atoms with Crippen molar-refractivity contribution >= 4 is 75.8 Å². The van der Waals surface area contributed by atoms with Gasteiger partial charge >= 0.3 is 0 Å². The number of sulfonamides is 1. The van der Waals surface area contributed by atoms with E-state index in [0.29, 0.717) is 35.4 Å². The molecule has 4 rings (SSSR count). The van der Waals surface area contributed by atoms with Crippen molar-refractivity contribution < 1.29 is 23.1 Å². The maximum Gasteiger partial charge on any atom is 0.267 e. The molecule has 39 heavy (non-hydrogen) atoms. The fourth-order valence-corrected chi connectivity index (χ4v) is 6.18. The Labute approximate surface area is 250 Å². The number of benzene rings is 2. The number of rotatable bonds is 7. The number of hydrogen-bond donors (Lipinski definition) is 3. The highest BCUT2D eigenvalue weighted by Gasteiger charge is 2.40. The summed E-state index contributed by atoms with van der Waals surface area (Å²) in [6.45, 7) is 4.17. The molecule has 9 nitrogen and oxygen atoms in total. The molecule has 0 spiro atoms. The van der Waals surface area contributed by atoms with Crippen LogP contribution in [0, 0.1) is 0 Å². The quantitative estimate of drug-likeness (QED) is 0.426. The van der Waals surface area contributed by atoms with Gasteiger partial charge in [-0.05, 0) is 49.6 Å². The molecule has 0 radical (unpaired) electrons. The Morgan fingerprint density at radius 2 is 1.64 bits per heavy atom. The van der Waals surface area contributed by atoms with Gasteiger partial charge in [-0.2, -0.15) is 13.5 Å². The topological polar surface area (TPSA) is 119 Å². The van der Waals surface area contributed by atoms with Crippen LogP contribution in [0.3, 0.4) is 0 Å². The van der Waals surface area contributed by atoms with Crippen molar-refractivity contribution in [1.82, 2.24) is 14.5 Å². The van der Waals surface area contributed by atoms with Crippen LogP contribution in [-0.2, 0) is 20.4 Å². The maximum atomic E-state index is 13.1. The molecule has 2 heterocycles. The Balaban J connectivity index is 0.00000420. The molecular formula is C25H31Cl3N4O5S2. The molecule has 0 aromatic heterocycles.